The van der Waals surface area contributed by atoms with Gasteiger partial charge in [0.1, 0.15) is 0 Å². The Morgan fingerprint density at radius 2 is 1.89 bits per heavy atom. The second-order valence-electron chi connectivity index (χ2n) is 4.51. The highest BCUT2D eigenvalue weighted by Crippen LogP contribution is 2.40. The van der Waals surface area contributed by atoms with E-state index in [1.54, 1.807) is 0 Å². The van der Waals surface area contributed by atoms with E-state index in [2.05, 4.69) is 46.1 Å². The van der Waals surface area contributed by atoms with Crippen molar-refractivity contribution in [1.29, 1.82) is 0 Å². The molecule has 2 aromatic rings. The molecule has 0 spiro atoms. The van der Waals surface area contributed by atoms with Crippen LogP contribution in [0.2, 0.25) is 0 Å². The van der Waals surface area contributed by atoms with Crippen molar-refractivity contribution in [1.82, 2.24) is 4.98 Å². The van der Waals surface area contributed by atoms with Gasteiger partial charge >= 0.3 is 0 Å². The number of aromatic nitrogens is 1. The predicted octanol–water partition coefficient (Wildman–Crippen LogP) is 2.54. The highest BCUT2D eigenvalue weighted by atomic mass is 15.4. The van der Waals surface area contributed by atoms with E-state index < -0.39 is 0 Å². The quantitative estimate of drug-likeness (QED) is 0.704. The maximum absolute atomic E-state index is 4.71. The minimum atomic E-state index is 0.788. The minimum absolute atomic E-state index is 0.788. The van der Waals surface area contributed by atoms with Crippen molar-refractivity contribution >= 4 is 23.0 Å². The lowest BCUT2D eigenvalue weighted by Gasteiger charge is -2.25. The van der Waals surface area contributed by atoms with Crippen molar-refractivity contribution < 1.29 is 0 Å². The topological polar surface area (TPSA) is 31.7 Å². The fourth-order valence-corrected chi connectivity index (χ4v) is 2.57. The molecule has 4 heteroatoms. The molecule has 0 N–H and O–H groups in total. The molecule has 4 rings (SSSR count). The Bertz CT molecular complexity index is 662. The van der Waals surface area contributed by atoms with Crippen LogP contribution in [-0.2, 0) is 6.54 Å². The Balaban J connectivity index is 1.92. The van der Waals surface area contributed by atoms with Crippen molar-refractivity contribution in [3.63, 3.8) is 0 Å². The second kappa shape index (κ2) is 3.32. The summed E-state index contributed by atoms with van der Waals surface area (Å²) < 4.78 is 0. The summed E-state index contributed by atoms with van der Waals surface area (Å²) in [5.41, 5.74) is 4.41. The Labute approximate surface area is 105 Å². The molecular weight excluding hydrogens is 224 g/mol. The number of hydrogen-bond acceptors (Lipinski definition) is 4. The van der Waals surface area contributed by atoms with E-state index in [1.165, 1.54) is 11.4 Å². The number of fused-ring (bicyclic) bond motifs is 4. The number of nitrogens with zero attached hydrogens (tertiary/aromatic N) is 4. The van der Waals surface area contributed by atoms with E-state index in [0.717, 1.165) is 23.9 Å². The minimum Gasteiger partial charge on any atom is -0.313 e. The molecule has 4 nitrogen and oxygen atoms in total. The molecule has 0 atom stereocenters. The van der Waals surface area contributed by atoms with Crippen LogP contribution in [0.25, 0.3) is 0 Å². The van der Waals surface area contributed by atoms with Crippen LogP contribution in [0, 0.1) is 0 Å². The van der Waals surface area contributed by atoms with Gasteiger partial charge in [0.25, 0.3) is 0 Å². The zero-order chi connectivity index (χ0) is 12.1. The van der Waals surface area contributed by atoms with Crippen LogP contribution in [0.5, 0.6) is 0 Å². The summed E-state index contributed by atoms with van der Waals surface area (Å²) in [6, 6.07) is 12.3. The van der Waals surface area contributed by atoms with Crippen LogP contribution in [0.3, 0.4) is 0 Å². The van der Waals surface area contributed by atoms with Gasteiger partial charge in [0.2, 0.25) is 5.96 Å². The lowest BCUT2D eigenvalue weighted by molar-refractivity contribution is 0.928. The van der Waals surface area contributed by atoms with Crippen molar-refractivity contribution in [3.05, 3.63) is 48.3 Å². The Morgan fingerprint density at radius 3 is 2.78 bits per heavy atom. The summed E-state index contributed by atoms with van der Waals surface area (Å²) in [5.74, 6) is 0.983. The number of guanidine groups is 1. The van der Waals surface area contributed by atoms with Gasteiger partial charge in [0, 0.05) is 13.2 Å². The number of rotatable bonds is 0. The van der Waals surface area contributed by atoms with Crippen LogP contribution in [0.1, 0.15) is 5.69 Å². The van der Waals surface area contributed by atoms with E-state index in [0.29, 0.717) is 0 Å². The first-order valence-electron chi connectivity index (χ1n) is 5.97. The largest absolute Gasteiger partial charge is 0.313 e. The monoisotopic (exact) mass is 236 g/mol. The average molecular weight is 236 g/mol. The molecular formula is C14H12N4. The van der Waals surface area contributed by atoms with Crippen molar-refractivity contribution in [3.8, 4) is 0 Å². The smallest absolute Gasteiger partial charge is 0.211 e. The van der Waals surface area contributed by atoms with E-state index >= 15 is 0 Å². The molecule has 0 saturated heterocycles. The third-order valence-electron chi connectivity index (χ3n) is 3.47. The van der Waals surface area contributed by atoms with Crippen LogP contribution in [-0.4, -0.2) is 18.0 Å². The van der Waals surface area contributed by atoms with E-state index in [9.17, 15) is 0 Å². The molecule has 0 unspecified atom stereocenters. The van der Waals surface area contributed by atoms with Gasteiger partial charge in [-0.1, -0.05) is 12.1 Å². The van der Waals surface area contributed by atoms with E-state index in [4.69, 9.17) is 4.99 Å². The highest BCUT2D eigenvalue weighted by molar-refractivity contribution is 6.17. The van der Waals surface area contributed by atoms with Crippen LogP contribution in [0.4, 0.5) is 17.1 Å². The van der Waals surface area contributed by atoms with Crippen molar-refractivity contribution in [2.45, 2.75) is 6.54 Å². The summed E-state index contributed by atoms with van der Waals surface area (Å²) in [4.78, 5) is 13.5. The molecule has 1 aromatic carbocycles. The van der Waals surface area contributed by atoms with Gasteiger partial charge in [-0.05, 0) is 24.3 Å². The molecule has 0 fully saturated rings. The molecule has 2 aliphatic heterocycles. The molecule has 0 aliphatic carbocycles. The fraction of sp³-hybridized carbons (Fsp3) is 0.143. The zero-order valence-electron chi connectivity index (χ0n) is 10.0. The molecule has 0 saturated carbocycles. The normalized spacial score (nSPS) is 15.9. The maximum Gasteiger partial charge on any atom is 0.211 e. The Morgan fingerprint density at radius 1 is 1.06 bits per heavy atom. The second-order valence-corrected chi connectivity index (χ2v) is 4.51. The van der Waals surface area contributed by atoms with Crippen LogP contribution < -0.4 is 9.80 Å². The third kappa shape index (κ3) is 1.14. The number of hydrogen-bond donors (Lipinski definition) is 0. The van der Waals surface area contributed by atoms with Gasteiger partial charge in [0.15, 0.2) is 0 Å². The molecule has 3 heterocycles. The van der Waals surface area contributed by atoms with Gasteiger partial charge in [-0.15, -0.1) is 0 Å². The maximum atomic E-state index is 4.71. The lowest BCUT2D eigenvalue weighted by atomic mass is 10.2. The molecule has 1 aromatic heterocycles. The number of anilines is 2. The van der Waals surface area contributed by atoms with Crippen molar-refractivity contribution in [2.24, 2.45) is 4.99 Å². The van der Waals surface area contributed by atoms with Gasteiger partial charge in [-0.25, -0.2) is 4.99 Å². The molecule has 2 aliphatic rings. The Kier molecular flexibility index (Phi) is 1.78. The van der Waals surface area contributed by atoms with Gasteiger partial charge in [0.05, 0.1) is 29.3 Å². The first kappa shape index (κ1) is 9.65. The number of benzene rings is 1. The zero-order valence-corrected chi connectivity index (χ0v) is 10.0. The van der Waals surface area contributed by atoms with E-state index in [-0.39, 0.29) is 0 Å². The van der Waals surface area contributed by atoms with Gasteiger partial charge in [-0.2, -0.15) is 0 Å². The summed E-state index contributed by atoms with van der Waals surface area (Å²) >= 11 is 0. The van der Waals surface area contributed by atoms with E-state index in [1.807, 2.05) is 18.3 Å². The van der Waals surface area contributed by atoms with Crippen LogP contribution >= 0.6 is 0 Å². The fourth-order valence-electron chi connectivity index (χ4n) is 2.57. The SMILES string of the molecule is CN1C2=Nc3cccnc3CN2c2ccccc21. The Hall–Kier alpha value is -2.36. The number of pyridine rings is 1. The predicted molar refractivity (Wildman–Crippen MR) is 72.4 cm³/mol. The summed E-state index contributed by atoms with van der Waals surface area (Å²) in [6.45, 7) is 0.788. The third-order valence-corrected chi connectivity index (χ3v) is 3.47. The van der Waals surface area contributed by atoms with Crippen LogP contribution in [0.15, 0.2) is 47.6 Å². The summed E-state index contributed by atoms with van der Waals surface area (Å²) in [5, 5.41) is 0. The molecule has 18 heavy (non-hydrogen) atoms. The lowest BCUT2D eigenvalue weighted by Crippen LogP contribution is -2.37. The molecule has 0 radical (unpaired) electrons. The first-order valence-corrected chi connectivity index (χ1v) is 5.97. The van der Waals surface area contributed by atoms with Gasteiger partial charge < -0.3 is 9.80 Å². The standard InChI is InChI=1S/C14H12N4/c1-17-12-6-2-3-7-13(12)18-9-11-10(16-14(17)18)5-4-8-15-11/h2-8H,9H2,1H3. The first-order chi connectivity index (χ1) is 8.84. The summed E-state index contributed by atoms with van der Waals surface area (Å²) in [6.07, 6.45) is 1.82. The van der Waals surface area contributed by atoms with Crippen molar-refractivity contribution in [2.75, 3.05) is 16.8 Å². The molecule has 88 valence electrons. The van der Waals surface area contributed by atoms with Gasteiger partial charge in [-0.3, -0.25) is 4.98 Å². The molecule has 0 amide bonds. The molecule has 0 bridgehead atoms. The highest BCUT2D eigenvalue weighted by Gasteiger charge is 2.33. The number of para-hydroxylation sites is 2. The number of aliphatic imine (C=N–C) groups is 1. The summed E-state index contributed by atoms with van der Waals surface area (Å²) in [7, 11) is 2.05. The average Bonchev–Trinajstić information content (AvgIpc) is 2.71.